The predicted octanol–water partition coefficient (Wildman–Crippen LogP) is 3.07. The van der Waals surface area contributed by atoms with Gasteiger partial charge in [0.25, 0.3) is 0 Å². The Bertz CT molecular complexity index is 584. The van der Waals surface area contributed by atoms with Gasteiger partial charge in [-0.2, -0.15) is 0 Å². The normalized spacial score (nSPS) is 17.7. The summed E-state index contributed by atoms with van der Waals surface area (Å²) in [5, 5.41) is 4.27. The molecule has 2 heterocycles. The molecule has 1 fully saturated rings. The number of nitrogens with one attached hydrogen (secondary N) is 1. The lowest BCUT2D eigenvalue weighted by molar-refractivity contribution is -0.0842. The number of anilines is 1. The summed E-state index contributed by atoms with van der Waals surface area (Å²) in [6.07, 6.45) is 3.22. The van der Waals surface area contributed by atoms with Crippen LogP contribution in [0.15, 0.2) is 6.07 Å². The molecule has 0 aliphatic heterocycles. The van der Waals surface area contributed by atoms with Crippen LogP contribution in [0.4, 0.5) is 5.82 Å². The van der Waals surface area contributed by atoms with Gasteiger partial charge in [0.1, 0.15) is 16.2 Å². The van der Waals surface area contributed by atoms with E-state index in [1.807, 2.05) is 7.05 Å². The highest BCUT2D eigenvalue weighted by Gasteiger charge is 2.42. The van der Waals surface area contributed by atoms with Crippen molar-refractivity contribution in [1.29, 1.82) is 0 Å². The molecule has 2 aromatic rings. The monoisotopic (exact) mass is 263 g/mol. The molecule has 0 bridgehead atoms. The van der Waals surface area contributed by atoms with Crippen LogP contribution in [0.1, 0.15) is 30.0 Å². The average Bonchev–Trinajstić information content (AvgIpc) is 2.67. The number of rotatable bonds is 3. The molecule has 1 aliphatic rings. The molecule has 4 nitrogen and oxygen atoms in total. The summed E-state index contributed by atoms with van der Waals surface area (Å²) in [4.78, 5) is 11.7. The molecule has 0 aromatic carbocycles. The third-order valence-electron chi connectivity index (χ3n) is 3.71. The highest BCUT2D eigenvalue weighted by Crippen LogP contribution is 2.44. The van der Waals surface area contributed by atoms with Gasteiger partial charge in [-0.1, -0.05) is 0 Å². The molecule has 0 radical (unpaired) electrons. The molecular weight excluding hydrogens is 246 g/mol. The fraction of sp³-hybridized carbons (Fsp3) is 0.538. The van der Waals surface area contributed by atoms with Crippen LogP contribution in [-0.2, 0) is 10.3 Å². The Morgan fingerprint density at radius 3 is 2.72 bits per heavy atom. The molecule has 2 aromatic heterocycles. The van der Waals surface area contributed by atoms with Gasteiger partial charge in [-0.25, -0.2) is 9.97 Å². The first-order valence-electron chi connectivity index (χ1n) is 6.20. The van der Waals surface area contributed by atoms with Gasteiger partial charge in [0.2, 0.25) is 0 Å². The summed E-state index contributed by atoms with van der Waals surface area (Å²) in [6.45, 7) is 2.10. The van der Waals surface area contributed by atoms with E-state index in [9.17, 15) is 0 Å². The molecule has 0 saturated heterocycles. The molecule has 1 aliphatic carbocycles. The standard InChI is InChI=1S/C13H17N3OS/c1-8-7-9-10(14-2)15-12(16-11(9)18-8)13(17-3)5-4-6-13/h7H,4-6H2,1-3H3,(H,14,15,16). The van der Waals surface area contributed by atoms with Gasteiger partial charge in [-0.3, -0.25) is 0 Å². The second-order valence-electron chi connectivity index (χ2n) is 4.77. The largest absolute Gasteiger partial charge is 0.372 e. The van der Waals surface area contributed by atoms with Gasteiger partial charge in [-0.15, -0.1) is 11.3 Å². The second kappa shape index (κ2) is 4.17. The summed E-state index contributed by atoms with van der Waals surface area (Å²) in [7, 11) is 3.66. The quantitative estimate of drug-likeness (QED) is 0.924. The second-order valence-corrected chi connectivity index (χ2v) is 6.01. The van der Waals surface area contributed by atoms with Gasteiger partial charge in [0, 0.05) is 19.0 Å². The van der Waals surface area contributed by atoms with Gasteiger partial charge in [-0.05, 0) is 32.3 Å². The summed E-state index contributed by atoms with van der Waals surface area (Å²) >= 11 is 1.71. The number of methoxy groups -OCH3 is 1. The maximum absolute atomic E-state index is 5.67. The molecule has 0 unspecified atom stereocenters. The van der Waals surface area contributed by atoms with Crippen molar-refractivity contribution in [2.45, 2.75) is 31.8 Å². The fourth-order valence-corrected chi connectivity index (χ4v) is 3.33. The minimum Gasteiger partial charge on any atom is -0.372 e. The van der Waals surface area contributed by atoms with E-state index in [1.54, 1.807) is 18.4 Å². The molecule has 1 N–H and O–H groups in total. The van der Waals surface area contributed by atoms with Gasteiger partial charge in [0.15, 0.2) is 5.82 Å². The Kier molecular flexibility index (Phi) is 2.75. The van der Waals surface area contributed by atoms with E-state index in [2.05, 4.69) is 23.3 Å². The Morgan fingerprint density at radius 1 is 1.39 bits per heavy atom. The predicted molar refractivity (Wildman–Crippen MR) is 74.2 cm³/mol. The van der Waals surface area contributed by atoms with E-state index in [4.69, 9.17) is 9.72 Å². The third kappa shape index (κ3) is 1.61. The van der Waals surface area contributed by atoms with Crippen LogP contribution < -0.4 is 5.32 Å². The molecular formula is C13H17N3OS. The summed E-state index contributed by atoms with van der Waals surface area (Å²) in [5.41, 5.74) is -0.252. The van der Waals surface area contributed by atoms with Crippen molar-refractivity contribution in [2.75, 3.05) is 19.5 Å². The smallest absolute Gasteiger partial charge is 0.164 e. The Hall–Kier alpha value is -1.20. The molecule has 18 heavy (non-hydrogen) atoms. The molecule has 0 spiro atoms. The lowest BCUT2D eigenvalue weighted by Crippen LogP contribution is -2.38. The number of fused-ring (bicyclic) bond motifs is 1. The van der Waals surface area contributed by atoms with Crippen molar-refractivity contribution >= 4 is 27.4 Å². The zero-order valence-corrected chi connectivity index (χ0v) is 11.7. The third-order valence-corrected chi connectivity index (χ3v) is 4.66. The van der Waals surface area contributed by atoms with Gasteiger partial charge >= 0.3 is 0 Å². The first-order valence-corrected chi connectivity index (χ1v) is 7.02. The Labute approximate surface area is 110 Å². The molecule has 96 valence electrons. The maximum Gasteiger partial charge on any atom is 0.164 e. The summed E-state index contributed by atoms with van der Waals surface area (Å²) in [6, 6.07) is 2.13. The molecule has 3 rings (SSSR count). The van der Waals surface area contributed by atoms with Crippen molar-refractivity contribution < 1.29 is 4.74 Å². The van der Waals surface area contributed by atoms with E-state index in [1.165, 1.54) is 11.3 Å². The number of aromatic nitrogens is 2. The summed E-state index contributed by atoms with van der Waals surface area (Å²) < 4.78 is 5.67. The molecule has 1 saturated carbocycles. The molecule has 5 heteroatoms. The van der Waals surface area contributed by atoms with Crippen molar-refractivity contribution in [3.8, 4) is 0 Å². The number of ether oxygens (including phenoxy) is 1. The van der Waals surface area contributed by atoms with Crippen molar-refractivity contribution in [1.82, 2.24) is 9.97 Å². The lowest BCUT2D eigenvalue weighted by atomic mass is 9.79. The van der Waals surface area contributed by atoms with Crippen molar-refractivity contribution in [3.63, 3.8) is 0 Å². The number of hydrogen-bond donors (Lipinski definition) is 1. The average molecular weight is 263 g/mol. The zero-order chi connectivity index (χ0) is 12.8. The first-order chi connectivity index (χ1) is 8.68. The van der Waals surface area contributed by atoms with E-state index in [0.29, 0.717) is 0 Å². The number of thiophene rings is 1. The van der Waals surface area contributed by atoms with E-state index in [0.717, 1.165) is 34.7 Å². The topological polar surface area (TPSA) is 47.0 Å². The van der Waals surface area contributed by atoms with E-state index < -0.39 is 0 Å². The SMILES string of the molecule is CNc1nc(C2(OC)CCC2)nc2sc(C)cc12. The fourth-order valence-electron chi connectivity index (χ4n) is 2.45. The van der Waals surface area contributed by atoms with Gasteiger partial charge in [0.05, 0.1) is 5.39 Å². The van der Waals surface area contributed by atoms with Crippen LogP contribution in [0.2, 0.25) is 0 Å². The molecule has 0 atom stereocenters. The van der Waals surface area contributed by atoms with Crippen LogP contribution in [-0.4, -0.2) is 24.1 Å². The lowest BCUT2D eigenvalue weighted by Gasteiger charge is -2.38. The van der Waals surface area contributed by atoms with Gasteiger partial charge < -0.3 is 10.1 Å². The number of hydrogen-bond acceptors (Lipinski definition) is 5. The Balaban J connectivity index is 2.18. The highest BCUT2D eigenvalue weighted by atomic mass is 32.1. The van der Waals surface area contributed by atoms with Crippen LogP contribution in [0.3, 0.4) is 0 Å². The maximum atomic E-state index is 5.67. The number of nitrogens with zero attached hydrogens (tertiary/aromatic N) is 2. The van der Waals surface area contributed by atoms with E-state index in [-0.39, 0.29) is 5.60 Å². The first kappa shape index (κ1) is 11.9. The van der Waals surface area contributed by atoms with Crippen LogP contribution in [0.25, 0.3) is 10.2 Å². The van der Waals surface area contributed by atoms with Crippen molar-refractivity contribution in [2.24, 2.45) is 0 Å². The van der Waals surface area contributed by atoms with Crippen LogP contribution in [0, 0.1) is 6.92 Å². The highest BCUT2D eigenvalue weighted by molar-refractivity contribution is 7.18. The minimum absolute atomic E-state index is 0.252. The zero-order valence-electron chi connectivity index (χ0n) is 10.9. The molecule has 0 amide bonds. The van der Waals surface area contributed by atoms with Crippen LogP contribution in [0.5, 0.6) is 0 Å². The Morgan fingerprint density at radius 2 is 2.17 bits per heavy atom. The summed E-state index contributed by atoms with van der Waals surface area (Å²) in [5.74, 6) is 1.73. The minimum atomic E-state index is -0.252. The van der Waals surface area contributed by atoms with E-state index >= 15 is 0 Å². The van der Waals surface area contributed by atoms with Crippen molar-refractivity contribution in [3.05, 3.63) is 16.8 Å². The van der Waals surface area contributed by atoms with Crippen LogP contribution >= 0.6 is 11.3 Å². The number of aryl methyl sites for hydroxylation is 1.